The Labute approximate surface area is 169 Å². The lowest BCUT2D eigenvalue weighted by Gasteiger charge is -2.22. The van der Waals surface area contributed by atoms with Crippen LogP contribution in [0.15, 0.2) is 60.7 Å². The van der Waals surface area contributed by atoms with Gasteiger partial charge in [0.05, 0.1) is 30.2 Å². The minimum absolute atomic E-state index is 0.00651. The normalized spacial score (nSPS) is 23.1. The summed E-state index contributed by atoms with van der Waals surface area (Å²) in [5.74, 6) is -0.995. The summed E-state index contributed by atoms with van der Waals surface area (Å²) < 4.78 is 5.18. The molecule has 4 rings (SSSR count). The van der Waals surface area contributed by atoms with Crippen molar-refractivity contribution in [2.75, 3.05) is 17.3 Å². The Morgan fingerprint density at radius 3 is 2.66 bits per heavy atom. The summed E-state index contributed by atoms with van der Waals surface area (Å²) in [5, 5.41) is 2.82. The summed E-state index contributed by atoms with van der Waals surface area (Å²) in [4.78, 5) is 40.3. The number of amides is 3. The predicted octanol–water partition coefficient (Wildman–Crippen LogP) is 3.65. The van der Waals surface area contributed by atoms with E-state index >= 15 is 0 Å². The summed E-state index contributed by atoms with van der Waals surface area (Å²) >= 11 is 0. The van der Waals surface area contributed by atoms with Gasteiger partial charge in [-0.3, -0.25) is 14.4 Å². The maximum absolute atomic E-state index is 13.1. The second-order valence-corrected chi connectivity index (χ2v) is 7.37. The minimum Gasteiger partial charge on any atom is -0.497 e. The second kappa shape index (κ2) is 7.54. The average molecular weight is 390 g/mol. The Bertz CT molecular complexity index is 1010. The number of imide groups is 1. The fraction of sp³-hybridized carbons (Fsp3) is 0.261. The first-order chi connectivity index (χ1) is 14.0. The van der Waals surface area contributed by atoms with Crippen LogP contribution in [-0.2, 0) is 9.59 Å². The van der Waals surface area contributed by atoms with Gasteiger partial charge in [-0.1, -0.05) is 37.3 Å². The van der Waals surface area contributed by atoms with Crippen LogP contribution in [0.4, 0.5) is 11.4 Å². The Morgan fingerprint density at radius 1 is 1.10 bits per heavy atom. The van der Waals surface area contributed by atoms with Crippen LogP contribution in [0.3, 0.4) is 0 Å². The highest BCUT2D eigenvalue weighted by Crippen LogP contribution is 2.41. The van der Waals surface area contributed by atoms with Crippen molar-refractivity contribution in [1.82, 2.24) is 0 Å². The molecule has 6 nitrogen and oxygen atoms in total. The number of nitrogens with zero attached hydrogens (tertiary/aromatic N) is 1. The van der Waals surface area contributed by atoms with E-state index in [0.717, 1.165) is 0 Å². The van der Waals surface area contributed by atoms with Crippen LogP contribution in [0, 0.1) is 17.8 Å². The molecule has 29 heavy (non-hydrogen) atoms. The molecule has 2 aromatic rings. The molecule has 0 aromatic heterocycles. The van der Waals surface area contributed by atoms with Gasteiger partial charge in [-0.05, 0) is 36.6 Å². The van der Waals surface area contributed by atoms with Gasteiger partial charge in [0.1, 0.15) is 5.75 Å². The number of rotatable bonds is 4. The molecule has 0 bridgehead atoms. The first-order valence-corrected chi connectivity index (χ1v) is 9.60. The number of allylic oxidation sites excluding steroid dienone is 2. The van der Waals surface area contributed by atoms with Gasteiger partial charge in [0, 0.05) is 11.8 Å². The first kappa shape index (κ1) is 18.9. The van der Waals surface area contributed by atoms with E-state index in [-0.39, 0.29) is 35.1 Å². The third-order valence-corrected chi connectivity index (χ3v) is 5.59. The van der Waals surface area contributed by atoms with Crippen LogP contribution in [0.2, 0.25) is 0 Å². The summed E-state index contributed by atoms with van der Waals surface area (Å²) in [6.07, 6.45) is 4.49. The van der Waals surface area contributed by atoms with Crippen molar-refractivity contribution in [2.45, 2.75) is 13.3 Å². The lowest BCUT2D eigenvalue weighted by molar-refractivity contribution is -0.122. The fourth-order valence-electron chi connectivity index (χ4n) is 4.14. The summed E-state index contributed by atoms with van der Waals surface area (Å²) in [5.41, 5.74) is 1.16. The number of para-hydroxylation sites is 1. The lowest BCUT2D eigenvalue weighted by Crippen LogP contribution is -2.33. The quantitative estimate of drug-likeness (QED) is 0.639. The number of hydrogen-bond donors (Lipinski definition) is 1. The summed E-state index contributed by atoms with van der Waals surface area (Å²) in [7, 11) is 1.55. The molecule has 0 unspecified atom stereocenters. The third kappa shape index (κ3) is 3.31. The van der Waals surface area contributed by atoms with Crippen molar-refractivity contribution < 1.29 is 19.1 Å². The maximum Gasteiger partial charge on any atom is 0.257 e. The van der Waals surface area contributed by atoms with Gasteiger partial charge in [0.2, 0.25) is 11.8 Å². The van der Waals surface area contributed by atoms with Crippen molar-refractivity contribution in [3.8, 4) is 5.75 Å². The molecule has 3 amide bonds. The average Bonchev–Trinajstić information content (AvgIpc) is 2.99. The zero-order valence-corrected chi connectivity index (χ0v) is 16.3. The molecular weight excluding hydrogens is 368 g/mol. The SMILES string of the molecule is COc1cccc(NC(=O)c2ccccc2N2C(=O)[C@@H]3[C@H](C)C=CC[C@@H]3C2=O)c1. The fourth-order valence-corrected chi connectivity index (χ4v) is 4.14. The molecule has 2 aliphatic rings. The number of hydrogen-bond acceptors (Lipinski definition) is 4. The number of carbonyl (C=O) groups excluding carboxylic acids is 3. The molecule has 1 aliphatic carbocycles. The molecule has 6 heteroatoms. The second-order valence-electron chi connectivity index (χ2n) is 7.37. The van der Waals surface area contributed by atoms with E-state index in [1.54, 1.807) is 55.6 Å². The monoisotopic (exact) mass is 390 g/mol. The van der Waals surface area contributed by atoms with Crippen LogP contribution in [0.25, 0.3) is 0 Å². The lowest BCUT2D eigenvalue weighted by atomic mass is 9.78. The van der Waals surface area contributed by atoms with Crippen LogP contribution in [0.1, 0.15) is 23.7 Å². The van der Waals surface area contributed by atoms with Gasteiger partial charge in [0.15, 0.2) is 0 Å². The Hall–Kier alpha value is -3.41. The molecule has 1 aliphatic heterocycles. The molecular formula is C23H22N2O4. The van der Waals surface area contributed by atoms with Crippen LogP contribution >= 0.6 is 0 Å². The van der Waals surface area contributed by atoms with Crippen LogP contribution < -0.4 is 15.0 Å². The van der Waals surface area contributed by atoms with Gasteiger partial charge >= 0.3 is 0 Å². The highest BCUT2D eigenvalue weighted by molar-refractivity contribution is 6.25. The topological polar surface area (TPSA) is 75.7 Å². The third-order valence-electron chi connectivity index (χ3n) is 5.59. The predicted molar refractivity (Wildman–Crippen MR) is 110 cm³/mol. The van der Waals surface area contributed by atoms with E-state index in [4.69, 9.17) is 4.74 Å². The van der Waals surface area contributed by atoms with Crippen molar-refractivity contribution in [3.05, 3.63) is 66.2 Å². The zero-order chi connectivity index (χ0) is 20.5. The van der Waals surface area contributed by atoms with E-state index in [9.17, 15) is 14.4 Å². The smallest absolute Gasteiger partial charge is 0.257 e. The number of methoxy groups -OCH3 is 1. The van der Waals surface area contributed by atoms with Gasteiger partial charge in [-0.25, -0.2) is 4.90 Å². The van der Waals surface area contributed by atoms with Crippen LogP contribution in [-0.4, -0.2) is 24.8 Å². The van der Waals surface area contributed by atoms with Crippen LogP contribution in [0.5, 0.6) is 5.75 Å². The Morgan fingerprint density at radius 2 is 1.90 bits per heavy atom. The van der Waals surface area contributed by atoms with Crippen molar-refractivity contribution in [1.29, 1.82) is 0 Å². The summed E-state index contributed by atoms with van der Waals surface area (Å²) in [6, 6.07) is 13.7. The molecule has 0 radical (unpaired) electrons. The molecule has 2 aromatic carbocycles. The molecule has 0 spiro atoms. The number of carbonyl (C=O) groups is 3. The number of anilines is 2. The van der Waals surface area contributed by atoms with E-state index in [0.29, 0.717) is 23.5 Å². The van der Waals surface area contributed by atoms with Crippen molar-refractivity contribution >= 4 is 29.1 Å². The molecule has 1 heterocycles. The number of nitrogens with one attached hydrogen (secondary N) is 1. The van der Waals surface area contributed by atoms with Gasteiger partial charge < -0.3 is 10.1 Å². The van der Waals surface area contributed by atoms with Gasteiger partial charge in [0.25, 0.3) is 5.91 Å². The maximum atomic E-state index is 13.1. The van der Waals surface area contributed by atoms with Gasteiger partial charge in [-0.15, -0.1) is 0 Å². The summed E-state index contributed by atoms with van der Waals surface area (Å²) in [6.45, 7) is 1.95. The first-order valence-electron chi connectivity index (χ1n) is 9.60. The Kier molecular flexibility index (Phi) is 4.92. The number of ether oxygens (including phenoxy) is 1. The van der Waals surface area contributed by atoms with Crippen molar-refractivity contribution in [2.24, 2.45) is 17.8 Å². The van der Waals surface area contributed by atoms with Gasteiger partial charge in [-0.2, -0.15) is 0 Å². The highest BCUT2D eigenvalue weighted by Gasteiger charge is 2.51. The number of fused-ring (bicyclic) bond motifs is 1. The highest BCUT2D eigenvalue weighted by atomic mass is 16.5. The minimum atomic E-state index is -0.393. The molecule has 148 valence electrons. The van der Waals surface area contributed by atoms with E-state index in [1.165, 1.54) is 4.90 Å². The molecule has 1 saturated heterocycles. The Balaban J connectivity index is 1.66. The van der Waals surface area contributed by atoms with Crippen molar-refractivity contribution in [3.63, 3.8) is 0 Å². The van der Waals surface area contributed by atoms with E-state index in [2.05, 4.69) is 5.32 Å². The largest absolute Gasteiger partial charge is 0.497 e. The number of benzene rings is 2. The molecule has 3 atom stereocenters. The molecule has 0 saturated carbocycles. The van der Waals surface area contributed by atoms with E-state index < -0.39 is 5.91 Å². The zero-order valence-electron chi connectivity index (χ0n) is 16.3. The molecule has 1 fully saturated rings. The molecule has 1 N–H and O–H groups in total. The standard InChI is InChI=1S/C23H22N2O4/c1-14-7-5-11-18-20(14)23(28)25(22(18)27)19-12-4-3-10-17(19)21(26)24-15-8-6-9-16(13-15)29-2/h3-10,12-14,18,20H,11H2,1-2H3,(H,24,26)/t14-,18+,20-/m1/s1. The van der Waals surface area contributed by atoms with E-state index in [1.807, 2.05) is 19.1 Å².